The van der Waals surface area contributed by atoms with E-state index in [-0.39, 0.29) is 23.7 Å². The van der Waals surface area contributed by atoms with Crippen LogP contribution in [0.4, 0.5) is 4.39 Å². The predicted octanol–water partition coefficient (Wildman–Crippen LogP) is 3.26. The maximum atomic E-state index is 13.4. The molecule has 2 aromatic carbocycles. The smallest absolute Gasteiger partial charge is 0.312 e. The summed E-state index contributed by atoms with van der Waals surface area (Å²) < 4.78 is 50.9. The molecule has 4 rings (SSSR count). The molecule has 0 bridgehead atoms. The minimum Gasteiger partial charge on any atom is -0.461 e. The third-order valence-electron chi connectivity index (χ3n) is 4.85. The van der Waals surface area contributed by atoms with E-state index in [1.54, 1.807) is 29.6 Å². The lowest BCUT2D eigenvalue weighted by Crippen LogP contribution is -2.40. The maximum absolute atomic E-state index is 13.4. The van der Waals surface area contributed by atoms with Crippen LogP contribution in [0.1, 0.15) is 11.3 Å². The summed E-state index contributed by atoms with van der Waals surface area (Å²) in [5, 5.41) is 2.35. The second-order valence-corrected chi connectivity index (χ2v) is 9.95. The van der Waals surface area contributed by atoms with Crippen LogP contribution in [0.25, 0.3) is 10.6 Å². The van der Waals surface area contributed by atoms with E-state index < -0.39 is 16.0 Å². The minimum absolute atomic E-state index is 0.0302. The van der Waals surface area contributed by atoms with Crippen molar-refractivity contribution >= 4 is 27.3 Å². The lowest BCUT2D eigenvalue weighted by molar-refractivity contribution is -0.144. The Kier molecular flexibility index (Phi) is 6.95. The van der Waals surface area contributed by atoms with Gasteiger partial charge in [-0.3, -0.25) is 4.79 Å². The number of rotatable bonds is 7. The number of esters is 1. The topological polar surface area (TPSA) is 85.8 Å². The SMILES string of the molecule is O=C(Cc1csc(-c2cccc(F)c2)n1)OCc1cccc(S(=O)(=O)N2CCOCC2)c1. The standard InChI is InChI=1S/C22H21FN2O5S2/c23-18-5-2-4-17(12-18)22-24-19(15-31-22)13-21(26)30-14-16-3-1-6-20(11-16)32(27,28)25-7-9-29-10-8-25/h1-6,11-12,15H,7-10,13-14H2. The number of sulfonamides is 1. The molecule has 3 aromatic rings. The first-order chi connectivity index (χ1) is 15.4. The normalized spacial score (nSPS) is 14.9. The molecule has 0 aliphatic carbocycles. The Morgan fingerprint density at radius 3 is 2.72 bits per heavy atom. The largest absolute Gasteiger partial charge is 0.461 e. The minimum atomic E-state index is -3.62. The van der Waals surface area contributed by atoms with Gasteiger partial charge < -0.3 is 9.47 Å². The van der Waals surface area contributed by atoms with E-state index >= 15 is 0 Å². The van der Waals surface area contributed by atoms with Gasteiger partial charge in [0.2, 0.25) is 10.0 Å². The van der Waals surface area contributed by atoms with Gasteiger partial charge in [0.05, 0.1) is 30.2 Å². The molecule has 2 heterocycles. The Hall–Kier alpha value is -2.66. The van der Waals surface area contributed by atoms with Crippen LogP contribution in [0.3, 0.4) is 0 Å². The van der Waals surface area contributed by atoms with Crippen LogP contribution >= 0.6 is 11.3 Å². The summed E-state index contributed by atoms with van der Waals surface area (Å²) in [6.07, 6.45) is -0.0302. The summed E-state index contributed by atoms with van der Waals surface area (Å²) in [5.74, 6) is -0.834. The lowest BCUT2D eigenvalue weighted by atomic mass is 10.2. The highest BCUT2D eigenvalue weighted by Crippen LogP contribution is 2.25. The maximum Gasteiger partial charge on any atom is 0.312 e. The van der Waals surface area contributed by atoms with E-state index in [2.05, 4.69) is 4.98 Å². The Bertz CT molecular complexity index is 1210. The van der Waals surface area contributed by atoms with Crippen LogP contribution in [0.2, 0.25) is 0 Å². The Morgan fingerprint density at radius 1 is 1.16 bits per heavy atom. The average Bonchev–Trinajstić information content (AvgIpc) is 3.27. The van der Waals surface area contributed by atoms with Crippen molar-refractivity contribution in [3.8, 4) is 10.6 Å². The van der Waals surface area contributed by atoms with Crippen molar-refractivity contribution in [1.82, 2.24) is 9.29 Å². The van der Waals surface area contributed by atoms with Crippen molar-refractivity contribution in [1.29, 1.82) is 0 Å². The van der Waals surface area contributed by atoms with Crippen LogP contribution in [-0.4, -0.2) is 50.0 Å². The van der Waals surface area contributed by atoms with E-state index in [1.165, 1.54) is 39.9 Å². The number of hydrogen-bond donors (Lipinski definition) is 0. The molecule has 1 fully saturated rings. The van der Waals surface area contributed by atoms with Crippen LogP contribution in [0.15, 0.2) is 58.8 Å². The highest BCUT2D eigenvalue weighted by Gasteiger charge is 2.26. The quantitative estimate of drug-likeness (QED) is 0.487. The first kappa shape index (κ1) is 22.5. The van der Waals surface area contributed by atoms with Crippen LogP contribution in [0.5, 0.6) is 0 Å². The average molecular weight is 477 g/mol. The van der Waals surface area contributed by atoms with E-state index in [4.69, 9.17) is 9.47 Å². The first-order valence-electron chi connectivity index (χ1n) is 9.94. The van der Waals surface area contributed by atoms with Gasteiger partial charge in [-0.1, -0.05) is 24.3 Å². The number of halogens is 1. The van der Waals surface area contributed by atoms with Crippen molar-refractivity contribution < 1.29 is 27.1 Å². The Morgan fingerprint density at radius 2 is 1.94 bits per heavy atom. The van der Waals surface area contributed by atoms with E-state index in [0.29, 0.717) is 48.1 Å². The molecule has 1 saturated heterocycles. The summed E-state index contributed by atoms with van der Waals surface area (Å²) >= 11 is 1.32. The molecular weight excluding hydrogens is 455 g/mol. The molecule has 1 aromatic heterocycles. The molecule has 0 N–H and O–H groups in total. The molecule has 0 saturated carbocycles. The zero-order valence-electron chi connectivity index (χ0n) is 17.1. The van der Waals surface area contributed by atoms with Crippen molar-refractivity contribution in [2.75, 3.05) is 26.3 Å². The number of nitrogens with zero attached hydrogens (tertiary/aromatic N) is 2. The van der Waals surface area contributed by atoms with Gasteiger partial charge in [-0.25, -0.2) is 17.8 Å². The van der Waals surface area contributed by atoms with E-state index in [1.807, 2.05) is 0 Å². The van der Waals surface area contributed by atoms with Gasteiger partial charge in [-0.05, 0) is 29.8 Å². The number of hydrogen-bond acceptors (Lipinski definition) is 7. The summed E-state index contributed by atoms with van der Waals surface area (Å²) in [7, 11) is -3.62. The highest BCUT2D eigenvalue weighted by molar-refractivity contribution is 7.89. The second kappa shape index (κ2) is 9.86. The highest BCUT2D eigenvalue weighted by atomic mass is 32.2. The van der Waals surface area contributed by atoms with Gasteiger partial charge in [0.1, 0.15) is 17.4 Å². The molecule has 32 heavy (non-hydrogen) atoms. The van der Waals surface area contributed by atoms with Crippen molar-refractivity contribution in [3.05, 3.63) is 71.0 Å². The van der Waals surface area contributed by atoms with Gasteiger partial charge in [-0.15, -0.1) is 11.3 Å². The number of thiazole rings is 1. The second-order valence-electron chi connectivity index (χ2n) is 7.16. The molecule has 0 unspecified atom stereocenters. The summed E-state index contributed by atoms with van der Waals surface area (Å²) in [5.41, 5.74) is 1.75. The molecule has 0 amide bonds. The number of benzene rings is 2. The van der Waals surface area contributed by atoms with Crippen molar-refractivity contribution in [3.63, 3.8) is 0 Å². The molecule has 0 radical (unpaired) electrons. The number of morpholine rings is 1. The number of carbonyl (C=O) groups is 1. The van der Waals surface area contributed by atoms with E-state index in [9.17, 15) is 17.6 Å². The molecule has 0 spiro atoms. The number of ether oxygens (including phenoxy) is 2. The van der Waals surface area contributed by atoms with Gasteiger partial charge in [0.25, 0.3) is 0 Å². The van der Waals surface area contributed by atoms with Crippen LogP contribution in [-0.2, 0) is 37.3 Å². The molecule has 1 aliphatic heterocycles. The zero-order chi connectivity index (χ0) is 22.6. The number of carbonyl (C=O) groups excluding carboxylic acids is 1. The van der Waals surface area contributed by atoms with Gasteiger partial charge in [0, 0.05) is 24.0 Å². The monoisotopic (exact) mass is 476 g/mol. The van der Waals surface area contributed by atoms with Gasteiger partial charge in [-0.2, -0.15) is 4.31 Å². The number of aromatic nitrogens is 1. The molecule has 1 aliphatic rings. The van der Waals surface area contributed by atoms with E-state index in [0.717, 1.165) is 0 Å². The third-order valence-corrected chi connectivity index (χ3v) is 7.69. The Labute approximate surface area is 189 Å². The zero-order valence-corrected chi connectivity index (χ0v) is 18.7. The fourth-order valence-corrected chi connectivity index (χ4v) is 5.53. The van der Waals surface area contributed by atoms with Crippen LogP contribution in [0, 0.1) is 5.82 Å². The van der Waals surface area contributed by atoms with Gasteiger partial charge >= 0.3 is 5.97 Å². The summed E-state index contributed by atoms with van der Waals surface area (Å²) in [6, 6.07) is 12.5. The molecule has 0 atom stereocenters. The lowest BCUT2D eigenvalue weighted by Gasteiger charge is -2.26. The Balaban J connectivity index is 1.36. The fourth-order valence-electron chi connectivity index (χ4n) is 3.24. The fraction of sp³-hybridized carbons (Fsp3) is 0.273. The summed E-state index contributed by atoms with van der Waals surface area (Å²) in [6.45, 7) is 1.31. The molecular formula is C22H21FN2O5S2. The first-order valence-corrected chi connectivity index (χ1v) is 12.3. The molecule has 7 nitrogen and oxygen atoms in total. The van der Waals surface area contributed by atoms with Crippen molar-refractivity contribution in [2.45, 2.75) is 17.9 Å². The summed E-state index contributed by atoms with van der Waals surface area (Å²) in [4.78, 5) is 16.8. The van der Waals surface area contributed by atoms with Crippen LogP contribution < -0.4 is 0 Å². The van der Waals surface area contributed by atoms with Gasteiger partial charge in [0.15, 0.2) is 0 Å². The third kappa shape index (κ3) is 5.39. The van der Waals surface area contributed by atoms with Crippen molar-refractivity contribution in [2.24, 2.45) is 0 Å². The molecule has 10 heteroatoms. The molecule has 168 valence electrons. The predicted molar refractivity (Wildman–Crippen MR) is 117 cm³/mol.